The number of ether oxygens (including phenoxy) is 2. The number of para-hydroxylation sites is 1. The lowest BCUT2D eigenvalue weighted by Gasteiger charge is -2.14. The molecule has 102 valence electrons. The summed E-state index contributed by atoms with van der Waals surface area (Å²) in [7, 11) is 0. The zero-order valence-electron chi connectivity index (χ0n) is 10.9. The van der Waals surface area contributed by atoms with Crippen LogP contribution in [0.25, 0.3) is 6.08 Å². The minimum Gasteiger partial charge on any atom is -0.490 e. The molecule has 1 heterocycles. The highest BCUT2D eigenvalue weighted by atomic mass is 16.5. The highest BCUT2D eigenvalue weighted by molar-refractivity contribution is 5.85. The first kappa shape index (κ1) is 13.6. The summed E-state index contributed by atoms with van der Waals surface area (Å²) in [6, 6.07) is 7.38. The molecule has 0 bridgehead atoms. The third-order valence-electron chi connectivity index (χ3n) is 3.07. The Morgan fingerprint density at radius 3 is 2.95 bits per heavy atom. The van der Waals surface area contributed by atoms with Crippen molar-refractivity contribution in [3.05, 3.63) is 35.9 Å². The molecule has 1 saturated heterocycles. The van der Waals surface area contributed by atoms with E-state index in [2.05, 4.69) is 6.92 Å². The number of aliphatic carboxylic acids is 1. The third kappa shape index (κ3) is 4.10. The predicted molar refractivity (Wildman–Crippen MR) is 72.2 cm³/mol. The van der Waals surface area contributed by atoms with E-state index in [1.807, 2.05) is 24.3 Å². The smallest absolute Gasteiger partial charge is 0.328 e. The van der Waals surface area contributed by atoms with Gasteiger partial charge in [0, 0.05) is 11.6 Å². The molecular formula is C15H18O4. The molecule has 19 heavy (non-hydrogen) atoms. The van der Waals surface area contributed by atoms with Crippen molar-refractivity contribution in [3.8, 4) is 5.75 Å². The molecule has 0 aromatic heterocycles. The van der Waals surface area contributed by atoms with Gasteiger partial charge >= 0.3 is 5.97 Å². The van der Waals surface area contributed by atoms with Crippen LogP contribution in [0.2, 0.25) is 0 Å². The van der Waals surface area contributed by atoms with E-state index in [-0.39, 0.29) is 6.10 Å². The van der Waals surface area contributed by atoms with Crippen LogP contribution in [0.4, 0.5) is 0 Å². The summed E-state index contributed by atoms with van der Waals surface area (Å²) in [5.41, 5.74) is 0.760. The molecule has 1 aliphatic heterocycles. The highest BCUT2D eigenvalue weighted by Gasteiger charge is 2.22. The second kappa shape index (κ2) is 6.38. The number of carboxylic acids is 1. The van der Waals surface area contributed by atoms with Crippen LogP contribution in [0.3, 0.4) is 0 Å². The number of carbonyl (C=O) groups is 1. The lowest BCUT2D eigenvalue weighted by Crippen LogP contribution is -2.18. The maximum atomic E-state index is 10.5. The molecule has 0 aliphatic carbocycles. The Hall–Kier alpha value is -1.81. The minimum absolute atomic E-state index is 0.131. The topological polar surface area (TPSA) is 55.8 Å². The third-order valence-corrected chi connectivity index (χ3v) is 3.07. The first-order valence-corrected chi connectivity index (χ1v) is 6.43. The van der Waals surface area contributed by atoms with Crippen LogP contribution in [0.5, 0.6) is 5.75 Å². The Balaban J connectivity index is 1.97. The van der Waals surface area contributed by atoms with Crippen molar-refractivity contribution in [3.63, 3.8) is 0 Å². The molecule has 0 saturated carbocycles. The lowest BCUT2D eigenvalue weighted by molar-refractivity contribution is -0.131. The normalized spacial score (nSPS) is 22.8. The van der Waals surface area contributed by atoms with E-state index >= 15 is 0 Å². The second-order valence-electron chi connectivity index (χ2n) is 4.67. The summed E-state index contributed by atoms with van der Waals surface area (Å²) < 4.78 is 11.4. The number of hydrogen-bond donors (Lipinski definition) is 1. The number of carboxylic acid groups (broad SMARTS) is 1. The molecule has 2 atom stereocenters. The summed E-state index contributed by atoms with van der Waals surface area (Å²) in [5.74, 6) is -0.286. The molecule has 2 rings (SSSR count). The molecule has 0 spiro atoms. The maximum absolute atomic E-state index is 10.5. The summed E-state index contributed by atoms with van der Waals surface area (Å²) >= 11 is 0. The van der Waals surface area contributed by atoms with E-state index in [1.165, 1.54) is 6.08 Å². The summed E-state index contributed by atoms with van der Waals surface area (Å²) in [4.78, 5) is 10.5. The molecule has 1 aromatic rings. The quantitative estimate of drug-likeness (QED) is 0.829. The van der Waals surface area contributed by atoms with E-state index in [0.29, 0.717) is 18.5 Å². The Morgan fingerprint density at radius 2 is 2.26 bits per heavy atom. The van der Waals surface area contributed by atoms with E-state index in [0.717, 1.165) is 24.5 Å². The molecular weight excluding hydrogens is 244 g/mol. The van der Waals surface area contributed by atoms with E-state index in [9.17, 15) is 4.79 Å². The van der Waals surface area contributed by atoms with Gasteiger partial charge in [-0.3, -0.25) is 0 Å². The monoisotopic (exact) mass is 262 g/mol. The van der Waals surface area contributed by atoms with Crippen molar-refractivity contribution >= 4 is 12.0 Å². The molecule has 2 unspecified atom stereocenters. The van der Waals surface area contributed by atoms with Crippen LogP contribution in [0.15, 0.2) is 30.3 Å². The van der Waals surface area contributed by atoms with Gasteiger partial charge in [0.05, 0.1) is 12.2 Å². The first-order chi connectivity index (χ1) is 9.15. The fourth-order valence-corrected chi connectivity index (χ4v) is 2.10. The van der Waals surface area contributed by atoms with Gasteiger partial charge in [0.15, 0.2) is 0 Å². The molecule has 1 aliphatic rings. The predicted octanol–water partition coefficient (Wildman–Crippen LogP) is 2.73. The van der Waals surface area contributed by atoms with Crippen LogP contribution >= 0.6 is 0 Å². The summed E-state index contributed by atoms with van der Waals surface area (Å²) in [6.45, 7) is 2.56. The summed E-state index contributed by atoms with van der Waals surface area (Å²) in [5, 5.41) is 8.65. The lowest BCUT2D eigenvalue weighted by atomic mass is 10.2. The Bertz CT molecular complexity index is 467. The minimum atomic E-state index is -0.970. The highest BCUT2D eigenvalue weighted by Crippen LogP contribution is 2.23. The molecule has 0 radical (unpaired) electrons. The van der Waals surface area contributed by atoms with Gasteiger partial charge in [-0.2, -0.15) is 0 Å². The number of hydrogen-bond acceptors (Lipinski definition) is 3. The van der Waals surface area contributed by atoms with Gasteiger partial charge in [0.2, 0.25) is 0 Å². The van der Waals surface area contributed by atoms with Crippen LogP contribution in [-0.2, 0) is 9.53 Å². The van der Waals surface area contributed by atoms with Crippen LogP contribution in [-0.4, -0.2) is 29.9 Å². The van der Waals surface area contributed by atoms with Gasteiger partial charge in [-0.15, -0.1) is 0 Å². The first-order valence-electron chi connectivity index (χ1n) is 6.43. The van der Waals surface area contributed by atoms with Gasteiger partial charge in [0.25, 0.3) is 0 Å². The Morgan fingerprint density at radius 1 is 1.47 bits per heavy atom. The van der Waals surface area contributed by atoms with Crippen LogP contribution in [0.1, 0.15) is 25.3 Å². The van der Waals surface area contributed by atoms with E-state index < -0.39 is 5.97 Å². The SMILES string of the molecule is CC1CCC(COc2ccccc2/C=C/C(=O)O)O1. The average molecular weight is 262 g/mol. The molecule has 4 nitrogen and oxygen atoms in total. The van der Waals surface area contributed by atoms with E-state index in [1.54, 1.807) is 0 Å². The number of rotatable bonds is 5. The molecule has 4 heteroatoms. The molecule has 1 N–H and O–H groups in total. The van der Waals surface area contributed by atoms with Crippen molar-refractivity contribution in [1.82, 2.24) is 0 Å². The Labute approximate surface area is 112 Å². The van der Waals surface area contributed by atoms with Crippen LogP contribution in [0, 0.1) is 0 Å². The van der Waals surface area contributed by atoms with Gasteiger partial charge in [-0.25, -0.2) is 4.79 Å². The van der Waals surface area contributed by atoms with Crippen molar-refractivity contribution in [1.29, 1.82) is 0 Å². The van der Waals surface area contributed by atoms with Crippen LogP contribution < -0.4 is 4.74 Å². The average Bonchev–Trinajstić information content (AvgIpc) is 2.80. The van der Waals surface area contributed by atoms with Crippen molar-refractivity contribution in [2.45, 2.75) is 32.0 Å². The zero-order valence-corrected chi connectivity index (χ0v) is 10.9. The van der Waals surface area contributed by atoms with Gasteiger partial charge < -0.3 is 14.6 Å². The second-order valence-corrected chi connectivity index (χ2v) is 4.67. The maximum Gasteiger partial charge on any atom is 0.328 e. The number of benzene rings is 1. The standard InChI is InChI=1S/C15H18O4/c1-11-6-8-13(19-11)10-18-14-5-3-2-4-12(14)7-9-15(16)17/h2-5,7,9,11,13H,6,8,10H2,1H3,(H,16,17)/b9-7+. The Kier molecular flexibility index (Phi) is 4.58. The van der Waals surface area contributed by atoms with Gasteiger partial charge in [-0.05, 0) is 31.9 Å². The van der Waals surface area contributed by atoms with Gasteiger partial charge in [0.1, 0.15) is 12.4 Å². The zero-order chi connectivity index (χ0) is 13.7. The fraction of sp³-hybridized carbons (Fsp3) is 0.400. The van der Waals surface area contributed by atoms with Crippen molar-refractivity contribution in [2.24, 2.45) is 0 Å². The van der Waals surface area contributed by atoms with Crippen molar-refractivity contribution in [2.75, 3.05) is 6.61 Å². The molecule has 0 amide bonds. The van der Waals surface area contributed by atoms with Gasteiger partial charge in [-0.1, -0.05) is 18.2 Å². The largest absolute Gasteiger partial charge is 0.490 e. The summed E-state index contributed by atoms with van der Waals surface area (Å²) in [6.07, 6.45) is 5.15. The molecule has 1 fully saturated rings. The fourth-order valence-electron chi connectivity index (χ4n) is 2.10. The molecule has 1 aromatic carbocycles. The van der Waals surface area contributed by atoms with Crippen molar-refractivity contribution < 1.29 is 19.4 Å². The van der Waals surface area contributed by atoms with E-state index in [4.69, 9.17) is 14.6 Å².